The number of amides is 2. The molecule has 0 aromatic carbocycles. The van der Waals surface area contributed by atoms with Gasteiger partial charge in [-0.25, -0.2) is 19.9 Å². The summed E-state index contributed by atoms with van der Waals surface area (Å²) < 4.78 is 39.2. The molecule has 2 amide bonds. The summed E-state index contributed by atoms with van der Waals surface area (Å²) in [5, 5.41) is 4.87. The molecule has 38 heavy (non-hydrogen) atoms. The molecule has 3 aromatic heterocycles. The van der Waals surface area contributed by atoms with Crippen LogP contribution in [0.5, 0.6) is 0 Å². The van der Waals surface area contributed by atoms with Gasteiger partial charge in [-0.05, 0) is 38.5 Å². The largest absolute Gasteiger partial charge is 0.418 e. The van der Waals surface area contributed by atoms with Gasteiger partial charge in [0.05, 0.1) is 28.5 Å². The summed E-state index contributed by atoms with van der Waals surface area (Å²) in [5.41, 5.74) is 1.05. The number of halogens is 4. The van der Waals surface area contributed by atoms with Crippen LogP contribution in [0.4, 0.5) is 19.0 Å². The molecule has 198 valence electrons. The summed E-state index contributed by atoms with van der Waals surface area (Å²) in [5.74, 6) is -1.52. The van der Waals surface area contributed by atoms with E-state index in [1.165, 1.54) is 12.5 Å². The average molecular weight is 563 g/mol. The monoisotopic (exact) mass is 562 g/mol. The lowest BCUT2D eigenvalue weighted by Crippen LogP contribution is -2.27. The van der Waals surface area contributed by atoms with E-state index in [1.54, 1.807) is 13.0 Å². The summed E-state index contributed by atoms with van der Waals surface area (Å²) in [4.78, 5) is 41.7. The molecule has 3 heterocycles. The normalized spacial score (nSPS) is 12.9. The van der Waals surface area contributed by atoms with E-state index in [0.29, 0.717) is 16.8 Å². The van der Waals surface area contributed by atoms with Crippen molar-refractivity contribution in [1.82, 2.24) is 25.3 Å². The van der Waals surface area contributed by atoms with Gasteiger partial charge < -0.3 is 10.6 Å². The number of pyridine rings is 1. The van der Waals surface area contributed by atoms with Crippen LogP contribution in [-0.4, -0.2) is 31.8 Å². The molecule has 0 saturated carbocycles. The van der Waals surface area contributed by atoms with E-state index in [9.17, 15) is 22.8 Å². The SMILES string of the molecule is C=C(C)/C(=C\C=C/C)c1cc(C(=O)NC(C)c2ncc(C(=O)Nc3cc(C(F)(F)F)c(Cl)cn3)s2)ncn1. The first-order chi connectivity index (χ1) is 17.9. The van der Waals surface area contributed by atoms with Crippen LogP contribution >= 0.6 is 22.9 Å². The molecule has 0 aliphatic carbocycles. The standard InChI is InChI=1S/C25H22ClF3N6O2S/c1-5-6-7-15(13(2)3)18-9-19(33-12-32-18)22(36)34-14(4)24-31-11-20(38-24)23(37)35-21-8-16(25(27,28)29)17(26)10-30-21/h5-12,14H,2H2,1,3-4H3,(H,34,36)(H,30,35,37)/b6-5-,15-7+. The van der Waals surface area contributed by atoms with Gasteiger partial charge in [-0.15, -0.1) is 11.3 Å². The molecule has 0 bridgehead atoms. The van der Waals surface area contributed by atoms with Crippen molar-refractivity contribution in [2.24, 2.45) is 0 Å². The van der Waals surface area contributed by atoms with E-state index < -0.39 is 34.6 Å². The molecule has 0 radical (unpaired) electrons. The number of allylic oxidation sites excluding steroid dienone is 5. The van der Waals surface area contributed by atoms with Gasteiger partial charge in [-0.1, -0.05) is 36.4 Å². The van der Waals surface area contributed by atoms with Crippen LogP contribution in [0.3, 0.4) is 0 Å². The highest BCUT2D eigenvalue weighted by molar-refractivity contribution is 7.13. The Balaban J connectivity index is 1.71. The molecule has 0 aliphatic heterocycles. The highest BCUT2D eigenvalue weighted by Crippen LogP contribution is 2.35. The molecule has 2 N–H and O–H groups in total. The number of rotatable bonds is 8. The summed E-state index contributed by atoms with van der Waals surface area (Å²) in [6.45, 7) is 9.32. The molecule has 0 aliphatic rings. The van der Waals surface area contributed by atoms with Crippen LogP contribution in [0.1, 0.15) is 63.2 Å². The van der Waals surface area contributed by atoms with E-state index in [4.69, 9.17) is 11.6 Å². The number of aromatic nitrogens is 4. The van der Waals surface area contributed by atoms with Crippen LogP contribution < -0.4 is 10.6 Å². The smallest absolute Gasteiger partial charge is 0.342 e. The van der Waals surface area contributed by atoms with Crippen molar-refractivity contribution in [3.63, 3.8) is 0 Å². The lowest BCUT2D eigenvalue weighted by molar-refractivity contribution is -0.137. The van der Waals surface area contributed by atoms with Gasteiger partial charge in [0.1, 0.15) is 27.7 Å². The Bertz CT molecular complexity index is 1430. The number of carbonyl (C=O) groups is 2. The molecule has 8 nitrogen and oxygen atoms in total. The first-order valence-corrected chi connectivity index (χ1v) is 12.2. The van der Waals surface area contributed by atoms with Gasteiger partial charge in [-0.2, -0.15) is 13.2 Å². The molecule has 1 atom stereocenters. The highest BCUT2D eigenvalue weighted by Gasteiger charge is 2.34. The van der Waals surface area contributed by atoms with Crippen LogP contribution in [0.15, 0.2) is 61.2 Å². The Kier molecular flexibility index (Phi) is 9.13. The molecule has 13 heteroatoms. The Labute approximate surface area is 225 Å². The van der Waals surface area contributed by atoms with Crippen molar-refractivity contribution < 1.29 is 22.8 Å². The predicted molar refractivity (Wildman–Crippen MR) is 140 cm³/mol. The number of alkyl halides is 3. The second-order valence-corrected chi connectivity index (χ2v) is 9.40. The van der Waals surface area contributed by atoms with Crippen LogP contribution in [-0.2, 0) is 6.18 Å². The van der Waals surface area contributed by atoms with Crippen molar-refractivity contribution in [2.45, 2.75) is 33.0 Å². The summed E-state index contributed by atoms with van der Waals surface area (Å²) >= 11 is 6.53. The summed E-state index contributed by atoms with van der Waals surface area (Å²) in [7, 11) is 0. The number of nitrogens with one attached hydrogen (secondary N) is 2. The first-order valence-electron chi connectivity index (χ1n) is 11.0. The fourth-order valence-electron chi connectivity index (χ4n) is 3.09. The van der Waals surface area contributed by atoms with Crippen LogP contribution in [0, 0.1) is 0 Å². The molecule has 1 unspecified atom stereocenters. The van der Waals surface area contributed by atoms with Gasteiger partial charge >= 0.3 is 6.18 Å². The van der Waals surface area contributed by atoms with Crippen molar-refractivity contribution in [1.29, 1.82) is 0 Å². The number of anilines is 1. The quantitative estimate of drug-likeness (QED) is 0.313. The second-order valence-electron chi connectivity index (χ2n) is 7.93. The Morgan fingerprint density at radius 2 is 1.82 bits per heavy atom. The maximum absolute atomic E-state index is 13.1. The third-order valence-electron chi connectivity index (χ3n) is 4.96. The van der Waals surface area contributed by atoms with Crippen molar-refractivity contribution in [2.75, 3.05) is 5.32 Å². The van der Waals surface area contributed by atoms with Gasteiger partial charge in [0, 0.05) is 11.8 Å². The van der Waals surface area contributed by atoms with Gasteiger partial charge in [0.2, 0.25) is 0 Å². The molecular weight excluding hydrogens is 541 g/mol. The number of hydrogen-bond acceptors (Lipinski definition) is 7. The molecule has 0 fully saturated rings. The number of carbonyl (C=O) groups excluding carboxylic acids is 2. The zero-order valence-corrected chi connectivity index (χ0v) is 22.0. The number of thiazole rings is 1. The minimum absolute atomic E-state index is 0.107. The molecule has 3 aromatic rings. The lowest BCUT2D eigenvalue weighted by Gasteiger charge is -2.12. The van der Waals surface area contributed by atoms with Crippen molar-refractivity contribution in [3.05, 3.63) is 93.1 Å². The van der Waals surface area contributed by atoms with E-state index in [0.717, 1.165) is 28.7 Å². The van der Waals surface area contributed by atoms with Crippen LogP contribution in [0.25, 0.3) is 5.57 Å². The third-order valence-corrected chi connectivity index (χ3v) is 6.44. The topological polar surface area (TPSA) is 110 Å². The minimum Gasteiger partial charge on any atom is -0.342 e. The van der Waals surface area contributed by atoms with Crippen molar-refractivity contribution in [3.8, 4) is 0 Å². The minimum atomic E-state index is -4.70. The predicted octanol–water partition coefficient (Wildman–Crippen LogP) is 6.28. The lowest BCUT2D eigenvalue weighted by atomic mass is 10.0. The third kappa shape index (κ3) is 7.11. The Morgan fingerprint density at radius 1 is 1.11 bits per heavy atom. The number of nitrogens with zero attached hydrogens (tertiary/aromatic N) is 4. The van der Waals surface area contributed by atoms with E-state index in [1.807, 2.05) is 32.1 Å². The first kappa shape index (κ1) is 28.7. The second kappa shape index (κ2) is 12.1. The molecule has 0 spiro atoms. The van der Waals surface area contributed by atoms with Gasteiger partial charge in [0.25, 0.3) is 11.8 Å². The number of hydrogen-bond donors (Lipinski definition) is 2. The summed E-state index contributed by atoms with van der Waals surface area (Å²) in [6, 6.07) is 1.59. The molecule has 3 rings (SSSR count). The maximum atomic E-state index is 13.1. The van der Waals surface area contributed by atoms with Gasteiger partial charge in [-0.3, -0.25) is 9.59 Å². The van der Waals surface area contributed by atoms with Gasteiger partial charge in [0.15, 0.2) is 0 Å². The fourth-order valence-corrected chi connectivity index (χ4v) is 4.12. The van der Waals surface area contributed by atoms with Crippen molar-refractivity contribution >= 4 is 46.1 Å². The zero-order chi connectivity index (χ0) is 28.0. The highest BCUT2D eigenvalue weighted by atomic mass is 35.5. The van der Waals surface area contributed by atoms with E-state index in [2.05, 4.69) is 37.1 Å². The van der Waals surface area contributed by atoms with E-state index in [-0.39, 0.29) is 16.4 Å². The Hall–Kier alpha value is -3.90. The average Bonchev–Trinajstić information content (AvgIpc) is 3.35. The zero-order valence-electron chi connectivity index (χ0n) is 20.4. The Morgan fingerprint density at radius 3 is 2.47 bits per heavy atom. The van der Waals surface area contributed by atoms with Crippen LogP contribution in [0.2, 0.25) is 5.02 Å². The maximum Gasteiger partial charge on any atom is 0.418 e. The fraction of sp³-hybridized carbons (Fsp3) is 0.200. The molecule has 0 saturated heterocycles. The van der Waals surface area contributed by atoms with E-state index >= 15 is 0 Å². The summed E-state index contributed by atoms with van der Waals surface area (Å²) in [6.07, 6.45) is 4.17. The molecular formula is C25H22ClF3N6O2S.